The van der Waals surface area contributed by atoms with Gasteiger partial charge in [0.1, 0.15) is 0 Å². The molecule has 8 nitrogen and oxygen atoms in total. The second-order valence-corrected chi connectivity index (χ2v) is 10.3. The van der Waals surface area contributed by atoms with Gasteiger partial charge in [-0.25, -0.2) is 4.79 Å². The van der Waals surface area contributed by atoms with E-state index in [1.54, 1.807) is 38.1 Å². The molecule has 3 N–H and O–H groups in total. The number of esters is 1. The predicted octanol–water partition coefficient (Wildman–Crippen LogP) is 5.88. The highest BCUT2D eigenvalue weighted by Gasteiger charge is 2.34. The topological polar surface area (TPSA) is 120 Å². The van der Waals surface area contributed by atoms with Gasteiger partial charge in [-0.2, -0.15) is 5.26 Å². The van der Waals surface area contributed by atoms with Crippen LogP contribution in [-0.4, -0.2) is 30.1 Å². The summed E-state index contributed by atoms with van der Waals surface area (Å²) in [7, 11) is 0. The number of hydrogen-bond acceptors (Lipinski definition) is 7. The first-order valence-electron chi connectivity index (χ1n) is 13.1. The molecule has 4 rings (SSSR count). The van der Waals surface area contributed by atoms with E-state index in [0.29, 0.717) is 38.8 Å². The molecule has 1 aliphatic rings. The van der Waals surface area contributed by atoms with Crippen molar-refractivity contribution < 1.29 is 19.1 Å². The molecule has 2 amide bonds. The molecule has 0 aliphatic carbocycles. The normalized spacial score (nSPS) is 14.5. The number of nitrogens with one attached hydrogen (secondary N) is 3. The van der Waals surface area contributed by atoms with Gasteiger partial charge in [-0.15, -0.1) is 0 Å². The van der Waals surface area contributed by atoms with Gasteiger partial charge in [0.2, 0.25) is 5.91 Å². The maximum atomic E-state index is 13.6. The van der Waals surface area contributed by atoms with E-state index in [4.69, 9.17) is 4.74 Å². The van der Waals surface area contributed by atoms with Gasteiger partial charge >= 0.3 is 5.97 Å². The zero-order valence-corrected chi connectivity index (χ0v) is 23.8. The standard InChI is InChI=1S/C32H30N4O4S/c1-4-40-32(39)23-13-15-24(16-14-23)36-30(38)28-21(3)34-31(26(18-33)29(28)22-10-6-5-7-11-22)41-19-27(37)35-25-12-8-9-20(2)17-25/h5-17,29,34H,4,19H2,1-3H3,(H,35,37)(H,36,38)/t29-/m0/s1. The monoisotopic (exact) mass is 566 g/mol. The minimum Gasteiger partial charge on any atom is -0.462 e. The van der Waals surface area contributed by atoms with Crippen molar-refractivity contribution in [3.05, 3.63) is 117 Å². The zero-order chi connectivity index (χ0) is 29.4. The van der Waals surface area contributed by atoms with Crippen molar-refractivity contribution in [2.45, 2.75) is 26.7 Å². The first-order valence-corrected chi connectivity index (χ1v) is 14.0. The Labute approximate surface area is 243 Å². The van der Waals surface area contributed by atoms with Gasteiger partial charge in [-0.1, -0.05) is 54.2 Å². The number of hydrogen-bond donors (Lipinski definition) is 3. The van der Waals surface area contributed by atoms with Gasteiger partial charge in [0, 0.05) is 22.6 Å². The Morgan fingerprint density at radius 2 is 1.68 bits per heavy atom. The maximum Gasteiger partial charge on any atom is 0.338 e. The second kappa shape index (κ2) is 13.5. The number of dihydropyridines is 1. The lowest BCUT2D eigenvalue weighted by atomic mass is 9.82. The van der Waals surface area contributed by atoms with E-state index in [1.807, 2.05) is 61.5 Å². The molecule has 0 bridgehead atoms. The Balaban J connectivity index is 1.57. The first-order chi connectivity index (χ1) is 19.8. The van der Waals surface area contributed by atoms with Crippen LogP contribution in [0.2, 0.25) is 0 Å². The Morgan fingerprint density at radius 3 is 2.34 bits per heavy atom. The molecule has 0 spiro atoms. The number of allylic oxidation sites excluding steroid dienone is 2. The van der Waals surface area contributed by atoms with Crippen molar-refractivity contribution in [2.24, 2.45) is 0 Å². The van der Waals surface area contributed by atoms with Gasteiger partial charge in [0.15, 0.2) is 0 Å². The van der Waals surface area contributed by atoms with Crippen molar-refractivity contribution in [3.8, 4) is 6.07 Å². The number of thioether (sulfide) groups is 1. The molecule has 1 aliphatic heterocycles. The number of ether oxygens (including phenoxy) is 1. The molecule has 1 atom stereocenters. The number of anilines is 2. The Hall–Kier alpha value is -4.81. The number of carbonyl (C=O) groups is 3. The number of benzene rings is 3. The van der Waals surface area contributed by atoms with Crippen LogP contribution in [-0.2, 0) is 14.3 Å². The van der Waals surface area contributed by atoms with Crippen LogP contribution in [0.5, 0.6) is 0 Å². The third kappa shape index (κ3) is 7.24. The molecule has 208 valence electrons. The minimum atomic E-state index is -0.649. The lowest BCUT2D eigenvalue weighted by Gasteiger charge is -2.30. The van der Waals surface area contributed by atoms with Gasteiger partial charge in [0.05, 0.1) is 40.5 Å². The molecule has 0 fully saturated rings. The van der Waals surface area contributed by atoms with Crippen molar-refractivity contribution in [2.75, 3.05) is 23.0 Å². The van der Waals surface area contributed by atoms with Crippen LogP contribution in [0.1, 0.15) is 41.3 Å². The third-order valence-corrected chi connectivity index (χ3v) is 7.35. The number of carbonyl (C=O) groups excluding carboxylic acids is 3. The highest BCUT2D eigenvalue weighted by Crippen LogP contribution is 2.41. The van der Waals surface area contributed by atoms with Crippen LogP contribution in [0.15, 0.2) is 101 Å². The van der Waals surface area contributed by atoms with E-state index < -0.39 is 11.9 Å². The van der Waals surface area contributed by atoms with Crippen molar-refractivity contribution in [3.63, 3.8) is 0 Å². The van der Waals surface area contributed by atoms with Crippen molar-refractivity contribution in [1.29, 1.82) is 5.26 Å². The van der Waals surface area contributed by atoms with Crippen molar-refractivity contribution in [1.82, 2.24) is 5.32 Å². The van der Waals surface area contributed by atoms with Crippen LogP contribution in [0.4, 0.5) is 11.4 Å². The van der Waals surface area contributed by atoms with E-state index in [-0.39, 0.29) is 24.2 Å². The molecule has 9 heteroatoms. The zero-order valence-electron chi connectivity index (χ0n) is 23.0. The van der Waals surface area contributed by atoms with Crippen molar-refractivity contribution >= 4 is 40.9 Å². The Bertz CT molecular complexity index is 1560. The van der Waals surface area contributed by atoms with Crippen LogP contribution >= 0.6 is 11.8 Å². The number of amides is 2. The summed E-state index contributed by atoms with van der Waals surface area (Å²) in [5.74, 6) is -1.61. The number of nitriles is 1. The number of rotatable bonds is 9. The lowest BCUT2D eigenvalue weighted by molar-refractivity contribution is -0.114. The first kappa shape index (κ1) is 29.2. The average molecular weight is 567 g/mol. The summed E-state index contributed by atoms with van der Waals surface area (Å²) in [6.45, 7) is 5.73. The van der Waals surface area contributed by atoms with Gasteiger partial charge in [0.25, 0.3) is 5.91 Å². The van der Waals surface area contributed by atoms with Gasteiger partial charge in [-0.05, 0) is 68.3 Å². The molecule has 0 saturated heterocycles. The average Bonchev–Trinajstić information content (AvgIpc) is 2.96. The molecule has 0 aromatic heterocycles. The van der Waals surface area contributed by atoms with E-state index in [9.17, 15) is 19.6 Å². The SMILES string of the molecule is CCOC(=O)c1ccc(NC(=O)C2=C(C)NC(SCC(=O)Nc3cccc(C)c3)=C(C#N)[C@@H]2c2ccccc2)cc1. The fourth-order valence-electron chi connectivity index (χ4n) is 4.47. The van der Waals surface area contributed by atoms with E-state index in [2.05, 4.69) is 22.0 Å². The summed E-state index contributed by atoms with van der Waals surface area (Å²) in [5.41, 5.74) is 4.68. The highest BCUT2D eigenvalue weighted by atomic mass is 32.2. The summed E-state index contributed by atoms with van der Waals surface area (Å²) in [4.78, 5) is 38.3. The lowest BCUT2D eigenvalue weighted by Crippen LogP contribution is -2.31. The van der Waals surface area contributed by atoms with Gasteiger partial charge < -0.3 is 20.7 Å². The van der Waals surface area contributed by atoms with E-state index in [1.165, 1.54) is 11.8 Å². The molecule has 1 heterocycles. The second-order valence-electron chi connectivity index (χ2n) is 9.32. The Morgan fingerprint density at radius 1 is 0.951 bits per heavy atom. The maximum absolute atomic E-state index is 13.6. The number of nitrogens with zero attached hydrogens (tertiary/aromatic N) is 1. The quantitative estimate of drug-likeness (QED) is 0.277. The van der Waals surface area contributed by atoms with Crippen LogP contribution in [0.3, 0.4) is 0 Å². The molecular formula is C32H30N4O4S. The fraction of sp³-hybridized carbons (Fsp3) is 0.188. The molecular weight excluding hydrogens is 536 g/mol. The largest absolute Gasteiger partial charge is 0.462 e. The fourth-order valence-corrected chi connectivity index (χ4v) is 5.36. The summed E-state index contributed by atoms with van der Waals surface area (Å²) in [6, 6.07) is 25.6. The molecule has 0 unspecified atom stereocenters. The molecule has 0 saturated carbocycles. The summed E-state index contributed by atoms with van der Waals surface area (Å²) in [5, 5.41) is 19.8. The highest BCUT2D eigenvalue weighted by molar-refractivity contribution is 8.03. The summed E-state index contributed by atoms with van der Waals surface area (Å²) < 4.78 is 5.02. The summed E-state index contributed by atoms with van der Waals surface area (Å²) in [6.07, 6.45) is 0. The smallest absolute Gasteiger partial charge is 0.338 e. The number of aryl methyl sites for hydroxylation is 1. The van der Waals surface area contributed by atoms with Crippen LogP contribution < -0.4 is 16.0 Å². The molecule has 0 radical (unpaired) electrons. The third-order valence-electron chi connectivity index (χ3n) is 6.33. The van der Waals surface area contributed by atoms with Gasteiger partial charge in [-0.3, -0.25) is 9.59 Å². The van der Waals surface area contributed by atoms with E-state index >= 15 is 0 Å². The Kier molecular flexibility index (Phi) is 9.61. The molecule has 41 heavy (non-hydrogen) atoms. The van der Waals surface area contributed by atoms with E-state index in [0.717, 1.165) is 11.1 Å². The predicted molar refractivity (Wildman–Crippen MR) is 161 cm³/mol. The molecule has 3 aromatic carbocycles. The van der Waals surface area contributed by atoms with Crippen LogP contribution in [0, 0.1) is 18.3 Å². The molecule has 3 aromatic rings. The minimum absolute atomic E-state index is 0.0740. The van der Waals surface area contributed by atoms with Crippen LogP contribution in [0.25, 0.3) is 0 Å². The summed E-state index contributed by atoms with van der Waals surface area (Å²) >= 11 is 1.21.